The van der Waals surface area contributed by atoms with E-state index in [1.54, 1.807) is 0 Å². The summed E-state index contributed by atoms with van der Waals surface area (Å²) < 4.78 is 10.3. The maximum Gasteiger partial charge on any atom is 0.212 e. The lowest BCUT2D eigenvalue weighted by Crippen LogP contribution is -2.38. The van der Waals surface area contributed by atoms with E-state index in [2.05, 4.69) is 0 Å². The van der Waals surface area contributed by atoms with Crippen LogP contribution in [-0.2, 0) is 9.47 Å². The molecule has 0 fully saturated rings. The summed E-state index contributed by atoms with van der Waals surface area (Å²) in [5.74, 6) is 0.470. The smallest absolute Gasteiger partial charge is 0.212 e. The number of ether oxygens (including phenoxy) is 2. The highest BCUT2D eigenvalue weighted by Crippen LogP contribution is 2.26. The van der Waals surface area contributed by atoms with Crippen molar-refractivity contribution in [3.63, 3.8) is 0 Å². The van der Waals surface area contributed by atoms with Gasteiger partial charge in [0.25, 0.3) is 0 Å². The molecule has 2 aliphatic rings. The van der Waals surface area contributed by atoms with Crippen LogP contribution in [0.5, 0.6) is 0 Å². The molecule has 0 spiro atoms. The van der Waals surface area contributed by atoms with Crippen LogP contribution in [0, 0.1) is 0 Å². The Morgan fingerprint density at radius 3 is 2.92 bits per heavy atom. The third-order valence-electron chi connectivity index (χ3n) is 1.83. The van der Waals surface area contributed by atoms with E-state index in [0.29, 0.717) is 24.0 Å². The van der Waals surface area contributed by atoms with Gasteiger partial charge in [0.15, 0.2) is 11.5 Å². The van der Waals surface area contributed by atoms with Crippen LogP contribution >= 0.6 is 0 Å². The van der Waals surface area contributed by atoms with Crippen LogP contribution in [0.1, 0.15) is 0 Å². The summed E-state index contributed by atoms with van der Waals surface area (Å²) in [5.41, 5.74) is 5.77. The lowest BCUT2D eigenvalue weighted by atomic mass is 10.2. The molecular formula is C7H10N2O4. The fraction of sp³-hybridized carbons (Fsp3) is 0.429. The molecule has 6 heteroatoms. The predicted molar refractivity (Wildman–Crippen MR) is 40.8 cm³/mol. The molecule has 0 saturated carbocycles. The second kappa shape index (κ2) is 2.82. The van der Waals surface area contributed by atoms with Crippen LogP contribution in [0.3, 0.4) is 0 Å². The van der Waals surface area contributed by atoms with Gasteiger partial charge in [-0.15, -0.1) is 0 Å². The Kier molecular flexibility index (Phi) is 1.78. The zero-order valence-corrected chi connectivity index (χ0v) is 6.80. The van der Waals surface area contributed by atoms with Crippen molar-refractivity contribution in [1.82, 2.24) is 5.06 Å². The average Bonchev–Trinajstić information content (AvgIpc) is 2.15. The molecule has 13 heavy (non-hydrogen) atoms. The first-order chi connectivity index (χ1) is 6.20. The number of aliphatic hydroxyl groups is 1. The topological polar surface area (TPSA) is 88.2 Å². The summed E-state index contributed by atoms with van der Waals surface area (Å²) >= 11 is 0. The van der Waals surface area contributed by atoms with Crippen molar-refractivity contribution in [1.29, 1.82) is 0 Å². The van der Waals surface area contributed by atoms with Gasteiger partial charge in [0.2, 0.25) is 6.23 Å². The summed E-state index contributed by atoms with van der Waals surface area (Å²) in [6, 6.07) is 0. The Morgan fingerprint density at radius 2 is 2.15 bits per heavy atom. The minimum atomic E-state index is -1.23. The molecule has 0 radical (unpaired) electrons. The normalized spacial score (nSPS) is 27.4. The predicted octanol–water partition coefficient (Wildman–Crippen LogP) is -0.932. The van der Waals surface area contributed by atoms with E-state index in [9.17, 15) is 5.11 Å². The molecule has 0 aromatic rings. The van der Waals surface area contributed by atoms with Gasteiger partial charge < -0.3 is 20.3 Å². The molecule has 1 unspecified atom stereocenters. The van der Waals surface area contributed by atoms with Crippen molar-refractivity contribution in [2.24, 2.45) is 5.73 Å². The zero-order chi connectivity index (χ0) is 9.42. The highest BCUT2D eigenvalue weighted by atomic mass is 16.6. The van der Waals surface area contributed by atoms with Crippen molar-refractivity contribution in [2.45, 2.75) is 6.23 Å². The van der Waals surface area contributed by atoms with E-state index in [1.807, 2.05) is 0 Å². The van der Waals surface area contributed by atoms with Crippen molar-refractivity contribution >= 4 is 0 Å². The highest BCUT2D eigenvalue weighted by Gasteiger charge is 2.31. The molecule has 6 nitrogen and oxygen atoms in total. The molecule has 0 aromatic heterocycles. The van der Waals surface area contributed by atoms with E-state index < -0.39 is 6.23 Å². The second-order valence-corrected chi connectivity index (χ2v) is 2.73. The molecule has 1 atom stereocenters. The molecule has 2 rings (SSSR count). The largest absolute Gasteiger partial charge is 0.486 e. The van der Waals surface area contributed by atoms with E-state index in [0.717, 1.165) is 0 Å². The third kappa shape index (κ3) is 1.20. The van der Waals surface area contributed by atoms with Gasteiger partial charge in [-0.2, -0.15) is 0 Å². The van der Waals surface area contributed by atoms with Crippen molar-refractivity contribution in [2.75, 3.05) is 13.2 Å². The number of nitrogens with two attached hydrogens (primary N) is 1. The van der Waals surface area contributed by atoms with Crippen LogP contribution in [-0.4, -0.2) is 34.8 Å². The van der Waals surface area contributed by atoms with Crippen LogP contribution in [0.2, 0.25) is 0 Å². The van der Waals surface area contributed by atoms with Gasteiger partial charge in [-0.1, -0.05) is 0 Å². The average molecular weight is 186 g/mol. The Balaban J connectivity index is 2.37. The van der Waals surface area contributed by atoms with Gasteiger partial charge in [0.1, 0.15) is 13.2 Å². The van der Waals surface area contributed by atoms with E-state index >= 15 is 0 Å². The monoisotopic (exact) mass is 186 g/mol. The molecule has 4 N–H and O–H groups in total. The first-order valence-electron chi connectivity index (χ1n) is 3.83. The maximum absolute atomic E-state index is 9.40. The number of hydroxylamine groups is 2. The highest BCUT2D eigenvalue weighted by molar-refractivity contribution is 5.30. The summed E-state index contributed by atoms with van der Waals surface area (Å²) in [5, 5.41) is 19.1. The zero-order valence-electron chi connectivity index (χ0n) is 6.80. The van der Waals surface area contributed by atoms with Crippen molar-refractivity contribution < 1.29 is 19.8 Å². The number of aliphatic hydroxyl groups excluding tert-OH is 1. The van der Waals surface area contributed by atoms with E-state index in [-0.39, 0.29) is 11.5 Å². The van der Waals surface area contributed by atoms with Crippen LogP contribution < -0.4 is 5.73 Å². The summed E-state index contributed by atoms with van der Waals surface area (Å²) in [7, 11) is 0. The minimum Gasteiger partial charge on any atom is -0.486 e. The number of nitrogens with zero attached hydrogens (tertiary/aromatic N) is 1. The molecule has 2 aliphatic heterocycles. The second-order valence-electron chi connectivity index (χ2n) is 2.73. The van der Waals surface area contributed by atoms with Gasteiger partial charge in [0, 0.05) is 0 Å². The Morgan fingerprint density at radius 1 is 1.46 bits per heavy atom. The molecule has 0 bridgehead atoms. The third-order valence-corrected chi connectivity index (χ3v) is 1.83. The lowest BCUT2D eigenvalue weighted by Gasteiger charge is -2.31. The van der Waals surface area contributed by atoms with Gasteiger partial charge in [0.05, 0.1) is 11.9 Å². The molecule has 0 aliphatic carbocycles. The fourth-order valence-electron chi connectivity index (χ4n) is 1.24. The lowest BCUT2D eigenvalue weighted by molar-refractivity contribution is -0.169. The molecule has 72 valence electrons. The van der Waals surface area contributed by atoms with Gasteiger partial charge >= 0.3 is 0 Å². The van der Waals surface area contributed by atoms with E-state index in [1.165, 1.54) is 6.20 Å². The van der Waals surface area contributed by atoms with Crippen molar-refractivity contribution in [3.05, 3.63) is 23.4 Å². The van der Waals surface area contributed by atoms with Gasteiger partial charge in [-0.05, 0) is 0 Å². The van der Waals surface area contributed by atoms with Crippen LogP contribution in [0.15, 0.2) is 23.4 Å². The fourth-order valence-corrected chi connectivity index (χ4v) is 1.24. The first kappa shape index (κ1) is 8.21. The molecule has 0 saturated heterocycles. The van der Waals surface area contributed by atoms with Gasteiger partial charge in [-0.3, -0.25) is 5.21 Å². The maximum atomic E-state index is 9.40. The summed E-state index contributed by atoms with van der Waals surface area (Å²) in [6.45, 7) is 0.739. The quantitative estimate of drug-likeness (QED) is 0.453. The molecule has 0 amide bonds. The number of rotatable bonds is 0. The Hall–Kier alpha value is -1.40. The SMILES string of the molecule is NC1=CN(O)C(O)C2=C1OCCO2. The number of hydrogen-bond acceptors (Lipinski definition) is 6. The van der Waals surface area contributed by atoms with Crippen LogP contribution in [0.25, 0.3) is 0 Å². The first-order valence-corrected chi connectivity index (χ1v) is 3.83. The summed E-state index contributed by atoms with van der Waals surface area (Å²) in [4.78, 5) is 0. The molecule has 2 heterocycles. The van der Waals surface area contributed by atoms with Crippen molar-refractivity contribution in [3.8, 4) is 0 Å². The van der Waals surface area contributed by atoms with E-state index in [4.69, 9.17) is 20.4 Å². The van der Waals surface area contributed by atoms with Crippen LogP contribution in [0.4, 0.5) is 0 Å². The Bertz CT molecular complexity index is 286. The molecular weight excluding hydrogens is 176 g/mol. The molecule has 0 aromatic carbocycles. The number of hydrogen-bond donors (Lipinski definition) is 3. The Labute approximate surface area is 74.4 Å². The standard InChI is InChI=1S/C7H10N2O4/c8-4-3-9(11)7(10)6-5(4)12-1-2-13-6/h3,7,10-11H,1-2,8H2. The van der Waals surface area contributed by atoms with Gasteiger partial charge in [-0.25, -0.2) is 5.06 Å². The summed E-state index contributed by atoms with van der Waals surface area (Å²) in [6.07, 6.45) is -0.0550. The minimum absolute atomic E-state index is 0.161.